The van der Waals surface area contributed by atoms with Gasteiger partial charge in [0.15, 0.2) is 0 Å². The summed E-state index contributed by atoms with van der Waals surface area (Å²) in [6, 6.07) is 0. The Kier molecular flexibility index (Phi) is 6.69. The van der Waals surface area contributed by atoms with Gasteiger partial charge in [-0.2, -0.15) is 11.8 Å². The highest BCUT2D eigenvalue weighted by molar-refractivity contribution is 7.98. The van der Waals surface area contributed by atoms with Gasteiger partial charge in [-0.3, -0.25) is 9.59 Å². The third-order valence-electron chi connectivity index (χ3n) is 3.91. The SMILES string of the molecule is CSCC(C)C(=O)N1CCCC(C(C)CC(=O)O)C1. The Bertz CT molecular complexity index is 322. The summed E-state index contributed by atoms with van der Waals surface area (Å²) >= 11 is 1.69. The molecule has 1 heterocycles. The number of rotatable bonds is 6. The molecule has 0 aromatic rings. The molecule has 0 saturated carbocycles. The van der Waals surface area contributed by atoms with Crippen molar-refractivity contribution >= 4 is 23.6 Å². The van der Waals surface area contributed by atoms with E-state index in [0.717, 1.165) is 31.7 Å². The minimum Gasteiger partial charge on any atom is -0.481 e. The first-order valence-electron chi connectivity index (χ1n) is 6.95. The maximum atomic E-state index is 12.3. The summed E-state index contributed by atoms with van der Waals surface area (Å²) in [4.78, 5) is 25.0. The topological polar surface area (TPSA) is 57.6 Å². The van der Waals surface area contributed by atoms with Crippen molar-refractivity contribution in [2.24, 2.45) is 17.8 Å². The van der Waals surface area contributed by atoms with Crippen molar-refractivity contribution < 1.29 is 14.7 Å². The quantitative estimate of drug-likeness (QED) is 0.814. The van der Waals surface area contributed by atoms with E-state index in [2.05, 4.69) is 0 Å². The lowest BCUT2D eigenvalue weighted by molar-refractivity contribution is -0.139. The van der Waals surface area contributed by atoms with Crippen molar-refractivity contribution in [2.45, 2.75) is 33.1 Å². The first-order chi connectivity index (χ1) is 8.95. The smallest absolute Gasteiger partial charge is 0.303 e. The van der Waals surface area contributed by atoms with Crippen LogP contribution in [-0.2, 0) is 9.59 Å². The second kappa shape index (κ2) is 7.78. The van der Waals surface area contributed by atoms with Crippen LogP contribution in [0.25, 0.3) is 0 Å². The highest BCUT2D eigenvalue weighted by atomic mass is 32.2. The van der Waals surface area contributed by atoms with E-state index in [-0.39, 0.29) is 24.2 Å². The van der Waals surface area contributed by atoms with Crippen LogP contribution >= 0.6 is 11.8 Å². The van der Waals surface area contributed by atoms with Gasteiger partial charge in [-0.25, -0.2) is 0 Å². The third kappa shape index (κ3) is 5.05. The van der Waals surface area contributed by atoms with Crippen LogP contribution in [0, 0.1) is 17.8 Å². The summed E-state index contributed by atoms with van der Waals surface area (Å²) < 4.78 is 0. The Morgan fingerprint density at radius 3 is 2.68 bits per heavy atom. The lowest BCUT2D eigenvalue weighted by atomic mass is 9.84. The van der Waals surface area contributed by atoms with E-state index >= 15 is 0 Å². The fourth-order valence-corrected chi connectivity index (χ4v) is 3.39. The van der Waals surface area contributed by atoms with E-state index in [1.54, 1.807) is 11.8 Å². The van der Waals surface area contributed by atoms with Crippen molar-refractivity contribution in [1.82, 2.24) is 4.90 Å². The lowest BCUT2D eigenvalue weighted by Crippen LogP contribution is -2.44. The van der Waals surface area contributed by atoms with Gasteiger partial charge in [-0.05, 0) is 30.9 Å². The van der Waals surface area contributed by atoms with Gasteiger partial charge >= 0.3 is 5.97 Å². The van der Waals surface area contributed by atoms with Crippen LogP contribution in [0.3, 0.4) is 0 Å². The van der Waals surface area contributed by atoms with Crippen molar-refractivity contribution in [3.05, 3.63) is 0 Å². The zero-order chi connectivity index (χ0) is 14.4. The number of carbonyl (C=O) groups is 2. The van der Waals surface area contributed by atoms with E-state index in [0.29, 0.717) is 5.92 Å². The fraction of sp³-hybridized carbons (Fsp3) is 0.857. The summed E-state index contributed by atoms with van der Waals surface area (Å²) in [7, 11) is 0. The van der Waals surface area contributed by atoms with E-state index < -0.39 is 5.97 Å². The molecule has 1 aliphatic rings. The first-order valence-corrected chi connectivity index (χ1v) is 8.34. The van der Waals surface area contributed by atoms with Gasteiger partial charge in [0.1, 0.15) is 0 Å². The third-order valence-corrected chi connectivity index (χ3v) is 4.74. The summed E-state index contributed by atoms with van der Waals surface area (Å²) in [6.45, 7) is 5.51. The molecule has 19 heavy (non-hydrogen) atoms. The van der Waals surface area contributed by atoms with Crippen LogP contribution in [0.1, 0.15) is 33.1 Å². The molecular formula is C14H25NO3S. The fourth-order valence-electron chi connectivity index (χ4n) is 2.75. The number of amides is 1. The van der Waals surface area contributed by atoms with Gasteiger partial charge < -0.3 is 10.0 Å². The molecule has 1 saturated heterocycles. The molecule has 0 aliphatic carbocycles. The predicted octanol–water partition coefficient (Wildman–Crippen LogP) is 2.33. The van der Waals surface area contributed by atoms with Crippen LogP contribution in [0.4, 0.5) is 0 Å². The number of hydrogen-bond donors (Lipinski definition) is 1. The standard InChI is InChI=1S/C14H25NO3S/c1-10(7-13(16)17)12-5-4-6-15(8-12)14(18)11(2)9-19-3/h10-12H,4-9H2,1-3H3,(H,16,17). The molecule has 0 aromatic carbocycles. The zero-order valence-electron chi connectivity index (χ0n) is 12.1. The largest absolute Gasteiger partial charge is 0.481 e. The summed E-state index contributed by atoms with van der Waals surface area (Å²) in [5.74, 6) is 0.862. The Hall–Kier alpha value is -0.710. The summed E-state index contributed by atoms with van der Waals surface area (Å²) in [6.07, 6.45) is 4.24. The monoisotopic (exact) mass is 287 g/mol. The van der Waals surface area contributed by atoms with Crippen LogP contribution in [0.5, 0.6) is 0 Å². The van der Waals surface area contributed by atoms with E-state index in [4.69, 9.17) is 5.11 Å². The molecule has 110 valence electrons. The van der Waals surface area contributed by atoms with Crippen molar-refractivity contribution in [3.63, 3.8) is 0 Å². The van der Waals surface area contributed by atoms with Gasteiger partial charge in [0, 0.05) is 31.2 Å². The Morgan fingerprint density at radius 1 is 1.42 bits per heavy atom. The van der Waals surface area contributed by atoms with Crippen LogP contribution in [0.2, 0.25) is 0 Å². The Labute approximate surface area is 119 Å². The highest BCUT2D eigenvalue weighted by Crippen LogP contribution is 2.27. The second-order valence-electron chi connectivity index (χ2n) is 5.62. The van der Waals surface area contributed by atoms with Gasteiger partial charge in [0.05, 0.1) is 0 Å². The number of carbonyl (C=O) groups excluding carboxylic acids is 1. The number of hydrogen-bond acceptors (Lipinski definition) is 3. The molecule has 1 rings (SSSR count). The van der Waals surface area contributed by atoms with Gasteiger partial charge in [-0.1, -0.05) is 13.8 Å². The molecule has 0 radical (unpaired) electrons. The second-order valence-corrected chi connectivity index (χ2v) is 6.53. The maximum absolute atomic E-state index is 12.3. The first kappa shape index (κ1) is 16.3. The molecule has 3 atom stereocenters. The van der Waals surface area contributed by atoms with E-state index in [1.165, 1.54) is 0 Å². The molecule has 3 unspecified atom stereocenters. The minimum absolute atomic E-state index is 0.0588. The number of carboxylic acids is 1. The molecule has 5 heteroatoms. The summed E-state index contributed by atoms with van der Waals surface area (Å²) in [5.41, 5.74) is 0. The molecule has 1 amide bonds. The van der Waals surface area contributed by atoms with Gasteiger partial charge in [-0.15, -0.1) is 0 Å². The maximum Gasteiger partial charge on any atom is 0.303 e. The zero-order valence-corrected chi connectivity index (χ0v) is 12.9. The summed E-state index contributed by atoms with van der Waals surface area (Å²) in [5, 5.41) is 8.86. The lowest BCUT2D eigenvalue weighted by Gasteiger charge is -2.36. The van der Waals surface area contributed by atoms with Gasteiger partial charge in [0.25, 0.3) is 0 Å². The molecular weight excluding hydrogens is 262 g/mol. The molecule has 0 aromatic heterocycles. The van der Waals surface area contributed by atoms with Crippen molar-refractivity contribution in [3.8, 4) is 0 Å². The molecule has 4 nitrogen and oxygen atoms in total. The van der Waals surface area contributed by atoms with Crippen molar-refractivity contribution in [2.75, 3.05) is 25.1 Å². The molecule has 0 spiro atoms. The van der Waals surface area contributed by atoms with Crippen LogP contribution in [0.15, 0.2) is 0 Å². The predicted molar refractivity (Wildman–Crippen MR) is 78.3 cm³/mol. The van der Waals surface area contributed by atoms with E-state index in [1.807, 2.05) is 25.0 Å². The minimum atomic E-state index is -0.744. The number of nitrogens with zero attached hydrogens (tertiary/aromatic N) is 1. The molecule has 1 aliphatic heterocycles. The van der Waals surface area contributed by atoms with E-state index in [9.17, 15) is 9.59 Å². The number of thioether (sulfide) groups is 1. The molecule has 0 bridgehead atoms. The normalized spacial score (nSPS) is 22.9. The molecule has 1 fully saturated rings. The average molecular weight is 287 g/mol. The number of carboxylic acid groups (broad SMARTS) is 1. The van der Waals surface area contributed by atoms with Crippen molar-refractivity contribution in [1.29, 1.82) is 0 Å². The number of aliphatic carboxylic acids is 1. The molecule has 1 N–H and O–H groups in total. The van der Waals surface area contributed by atoms with Crippen LogP contribution in [-0.4, -0.2) is 47.0 Å². The Morgan fingerprint density at radius 2 is 2.11 bits per heavy atom. The number of piperidine rings is 1. The highest BCUT2D eigenvalue weighted by Gasteiger charge is 2.29. The van der Waals surface area contributed by atoms with Crippen LogP contribution < -0.4 is 0 Å². The van der Waals surface area contributed by atoms with Gasteiger partial charge in [0.2, 0.25) is 5.91 Å². The Balaban J connectivity index is 2.54. The average Bonchev–Trinajstić information content (AvgIpc) is 2.37. The number of likely N-dealkylation sites (tertiary alicyclic amines) is 1.